The van der Waals surface area contributed by atoms with Crippen LogP contribution in [0.15, 0.2) is 0 Å². The number of carboxylic acid groups (broad SMARTS) is 1. The van der Waals surface area contributed by atoms with Gasteiger partial charge in [-0.2, -0.15) is 0 Å². The Morgan fingerprint density at radius 2 is 1.12 bits per heavy atom. The molecule has 0 aliphatic heterocycles. The fraction of sp³-hybridized carbons (Fsp3) is 0.909. The topological polar surface area (TPSA) is 65.0 Å². The molecule has 0 aliphatic carbocycles. The highest BCUT2D eigenvalue weighted by atomic mass is 16.9. The molecule has 5 heteroatoms. The molecule has 0 fully saturated rings. The molecule has 0 radical (unpaired) electrons. The quantitative estimate of drug-likeness (QED) is 0.682. The molecule has 0 aliphatic rings. The molecular weight excluding hydrogens is 212 g/mol. The van der Waals surface area contributed by atoms with E-state index in [1.165, 1.54) is 0 Å². The highest BCUT2D eigenvalue weighted by Gasteiger charge is 2.46. The number of rotatable bonds is 7. The van der Waals surface area contributed by atoms with Gasteiger partial charge in [0.05, 0.1) is 18.3 Å². The lowest BCUT2D eigenvalue weighted by molar-refractivity contribution is -0.390. The van der Waals surface area contributed by atoms with Gasteiger partial charge in [-0.1, -0.05) is 0 Å². The second kappa shape index (κ2) is 6.18. The fourth-order valence-electron chi connectivity index (χ4n) is 1.17. The molecule has 0 aromatic rings. The zero-order valence-corrected chi connectivity index (χ0v) is 10.8. The molecule has 0 amide bonds. The van der Waals surface area contributed by atoms with E-state index in [0.29, 0.717) is 0 Å². The first kappa shape index (κ1) is 15.3. The Morgan fingerprint density at radius 3 is 1.25 bits per heavy atom. The van der Waals surface area contributed by atoms with Crippen LogP contribution >= 0.6 is 0 Å². The maximum absolute atomic E-state index is 11.3. The Kier molecular flexibility index (Phi) is 5.92. The van der Waals surface area contributed by atoms with Crippen molar-refractivity contribution >= 4 is 5.97 Å². The number of aliphatic carboxylic acids is 1. The lowest BCUT2D eigenvalue weighted by Gasteiger charge is -2.33. The summed E-state index contributed by atoms with van der Waals surface area (Å²) in [5.74, 6) is -3.29. The molecule has 0 unspecified atom stereocenters. The largest absolute Gasteiger partial charge is 0.475 e. The van der Waals surface area contributed by atoms with E-state index in [9.17, 15) is 9.90 Å². The van der Waals surface area contributed by atoms with Crippen molar-refractivity contribution in [3.8, 4) is 0 Å². The first-order valence-corrected chi connectivity index (χ1v) is 5.46. The summed E-state index contributed by atoms with van der Waals surface area (Å²) in [5, 5.41) is 9.20. The molecule has 0 saturated carbocycles. The molecule has 0 heterocycles. The third-order valence-electron chi connectivity index (χ3n) is 1.43. The molecular formula is C11H22O5. The van der Waals surface area contributed by atoms with E-state index in [-0.39, 0.29) is 18.3 Å². The van der Waals surface area contributed by atoms with Gasteiger partial charge in [-0.05, 0) is 41.5 Å². The summed E-state index contributed by atoms with van der Waals surface area (Å²) in [6.45, 7) is 10.4. The molecule has 96 valence electrons. The van der Waals surface area contributed by atoms with Gasteiger partial charge in [-0.15, -0.1) is 0 Å². The highest BCUT2D eigenvalue weighted by molar-refractivity contribution is 5.74. The first-order chi connectivity index (χ1) is 7.19. The standard InChI is InChI=1S/C11H22O5/c1-7(2)14-11(10(12)13,15-8(3)4)16-9(5)6/h7-9H,1-6H3,(H,12,13). The average Bonchev–Trinajstić information content (AvgIpc) is 1.98. The van der Waals surface area contributed by atoms with Crippen molar-refractivity contribution in [3.63, 3.8) is 0 Å². The molecule has 0 bridgehead atoms. The van der Waals surface area contributed by atoms with Gasteiger partial charge in [0.2, 0.25) is 0 Å². The number of carboxylic acids is 1. The summed E-state index contributed by atoms with van der Waals surface area (Å²) in [7, 11) is 0. The van der Waals surface area contributed by atoms with E-state index in [4.69, 9.17) is 14.2 Å². The zero-order chi connectivity index (χ0) is 12.9. The zero-order valence-electron chi connectivity index (χ0n) is 10.8. The van der Waals surface area contributed by atoms with Crippen LogP contribution < -0.4 is 0 Å². The SMILES string of the molecule is CC(C)OC(OC(C)C)(OC(C)C)C(=O)O. The first-order valence-electron chi connectivity index (χ1n) is 5.46. The minimum Gasteiger partial charge on any atom is -0.475 e. The van der Waals surface area contributed by atoms with Crippen LogP contribution in [0.3, 0.4) is 0 Å². The van der Waals surface area contributed by atoms with Crippen molar-refractivity contribution in [3.05, 3.63) is 0 Å². The van der Waals surface area contributed by atoms with Crippen LogP contribution in [0.4, 0.5) is 0 Å². The van der Waals surface area contributed by atoms with Gasteiger partial charge >= 0.3 is 11.9 Å². The van der Waals surface area contributed by atoms with E-state index in [1.807, 2.05) is 0 Å². The summed E-state index contributed by atoms with van der Waals surface area (Å²) in [6, 6.07) is 0. The second-order valence-corrected chi connectivity index (χ2v) is 4.36. The van der Waals surface area contributed by atoms with Crippen molar-refractivity contribution in [2.75, 3.05) is 0 Å². The van der Waals surface area contributed by atoms with Gasteiger partial charge in [-0.25, -0.2) is 4.79 Å². The number of carbonyl (C=O) groups is 1. The Balaban J connectivity index is 4.96. The molecule has 0 atom stereocenters. The van der Waals surface area contributed by atoms with Gasteiger partial charge in [0.15, 0.2) is 0 Å². The Hall–Kier alpha value is -0.650. The molecule has 0 aromatic heterocycles. The van der Waals surface area contributed by atoms with Crippen molar-refractivity contribution in [2.24, 2.45) is 0 Å². The lowest BCUT2D eigenvalue weighted by atomic mass is 10.4. The van der Waals surface area contributed by atoms with Crippen LogP contribution in [0.1, 0.15) is 41.5 Å². The monoisotopic (exact) mass is 234 g/mol. The molecule has 0 aromatic carbocycles. The molecule has 1 N–H and O–H groups in total. The summed E-state index contributed by atoms with van der Waals surface area (Å²) in [4.78, 5) is 11.3. The van der Waals surface area contributed by atoms with Crippen LogP contribution in [0.25, 0.3) is 0 Å². The van der Waals surface area contributed by atoms with Gasteiger partial charge in [-0.3, -0.25) is 0 Å². The van der Waals surface area contributed by atoms with Gasteiger partial charge in [0.25, 0.3) is 0 Å². The summed E-state index contributed by atoms with van der Waals surface area (Å²) in [5.41, 5.74) is 0. The van der Waals surface area contributed by atoms with Crippen molar-refractivity contribution in [2.45, 2.75) is 65.8 Å². The van der Waals surface area contributed by atoms with E-state index in [2.05, 4.69) is 0 Å². The van der Waals surface area contributed by atoms with Crippen molar-refractivity contribution in [1.82, 2.24) is 0 Å². The van der Waals surface area contributed by atoms with Crippen molar-refractivity contribution in [1.29, 1.82) is 0 Å². The molecule has 5 nitrogen and oxygen atoms in total. The molecule has 16 heavy (non-hydrogen) atoms. The third kappa shape index (κ3) is 4.92. The predicted molar refractivity (Wildman–Crippen MR) is 59.0 cm³/mol. The maximum atomic E-state index is 11.3. The van der Waals surface area contributed by atoms with Crippen LogP contribution in [-0.4, -0.2) is 35.4 Å². The van der Waals surface area contributed by atoms with E-state index < -0.39 is 11.9 Å². The third-order valence-corrected chi connectivity index (χ3v) is 1.43. The van der Waals surface area contributed by atoms with Gasteiger partial charge < -0.3 is 19.3 Å². The second-order valence-electron chi connectivity index (χ2n) is 4.36. The summed E-state index contributed by atoms with van der Waals surface area (Å²) >= 11 is 0. The molecule has 0 rings (SSSR count). The fourth-order valence-corrected chi connectivity index (χ4v) is 1.17. The summed E-state index contributed by atoms with van der Waals surface area (Å²) < 4.78 is 15.8. The Morgan fingerprint density at radius 1 is 0.875 bits per heavy atom. The summed E-state index contributed by atoms with van der Waals surface area (Å²) in [6.07, 6.45) is -0.934. The van der Waals surface area contributed by atoms with Crippen LogP contribution in [0.2, 0.25) is 0 Å². The predicted octanol–water partition coefficient (Wildman–Crippen LogP) is 2.00. The normalized spacial score (nSPS) is 12.8. The van der Waals surface area contributed by atoms with Gasteiger partial charge in [0, 0.05) is 0 Å². The van der Waals surface area contributed by atoms with Gasteiger partial charge in [0.1, 0.15) is 0 Å². The number of hydrogen-bond donors (Lipinski definition) is 1. The smallest absolute Gasteiger partial charge is 0.395 e. The van der Waals surface area contributed by atoms with Crippen LogP contribution in [-0.2, 0) is 19.0 Å². The van der Waals surface area contributed by atoms with Crippen LogP contribution in [0, 0.1) is 0 Å². The average molecular weight is 234 g/mol. The van der Waals surface area contributed by atoms with Crippen molar-refractivity contribution < 1.29 is 24.1 Å². The van der Waals surface area contributed by atoms with Crippen LogP contribution in [0.5, 0.6) is 0 Å². The highest BCUT2D eigenvalue weighted by Crippen LogP contribution is 2.22. The lowest BCUT2D eigenvalue weighted by Crippen LogP contribution is -2.51. The minimum absolute atomic E-state index is 0.311. The Labute approximate surface area is 96.7 Å². The molecule has 0 spiro atoms. The van der Waals surface area contributed by atoms with E-state index >= 15 is 0 Å². The molecule has 0 saturated heterocycles. The number of hydrogen-bond acceptors (Lipinski definition) is 4. The maximum Gasteiger partial charge on any atom is 0.395 e. The van der Waals surface area contributed by atoms with E-state index in [1.54, 1.807) is 41.5 Å². The van der Waals surface area contributed by atoms with E-state index in [0.717, 1.165) is 0 Å². The minimum atomic E-state index is -2.02. The number of ether oxygens (including phenoxy) is 3. The Bertz CT molecular complexity index is 196.